The number of fused-ring (bicyclic) bond motifs is 2. The number of nitrogens with zero attached hydrogens (tertiary/aromatic N) is 7. The highest BCUT2D eigenvalue weighted by Crippen LogP contribution is 2.52. The number of aromatic nitrogens is 5. The summed E-state index contributed by atoms with van der Waals surface area (Å²) in [5.74, 6) is 1.34. The van der Waals surface area contributed by atoms with Crippen LogP contribution in [-0.2, 0) is 30.5 Å². The fourth-order valence-electron chi connectivity index (χ4n) is 6.57. The zero-order valence-electron chi connectivity index (χ0n) is 25.5. The van der Waals surface area contributed by atoms with E-state index >= 15 is 0 Å². The summed E-state index contributed by atoms with van der Waals surface area (Å²) in [5.41, 5.74) is 1.34. The Labute approximate surface area is 272 Å². The molecule has 2 N–H and O–H groups in total. The summed E-state index contributed by atoms with van der Waals surface area (Å²) in [7, 11) is 0. The molecule has 1 amide bonds. The average molecular weight is 669 g/mol. The number of allylic oxidation sites excluding steroid dienone is 2. The number of benzene rings is 1. The molecular weight excluding hydrogens is 637 g/mol. The van der Waals surface area contributed by atoms with Crippen LogP contribution in [-0.4, -0.2) is 66.2 Å². The molecule has 2 unspecified atom stereocenters. The lowest BCUT2D eigenvalue weighted by molar-refractivity contribution is -0.137. The molecule has 1 saturated carbocycles. The van der Waals surface area contributed by atoms with Gasteiger partial charge < -0.3 is 19.9 Å². The second-order valence-electron chi connectivity index (χ2n) is 12.2. The van der Waals surface area contributed by atoms with Crippen molar-refractivity contribution in [2.24, 2.45) is 11.8 Å². The quantitative estimate of drug-likeness (QED) is 0.279. The first-order valence-electron chi connectivity index (χ1n) is 15.5. The van der Waals surface area contributed by atoms with E-state index in [9.17, 15) is 27.9 Å². The molecule has 47 heavy (non-hydrogen) atoms. The third kappa shape index (κ3) is 6.07. The molecule has 2 fully saturated rings. The molecule has 0 radical (unpaired) electrons. The monoisotopic (exact) mass is 668 g/mol. The van der Waals surface area contributed by atoms with Crippen molar-refractivity contribution in [3.05, 3.63) is 80.8 Å². The van der Waals surface area contributed by atoms with E-state index in [0.717, 1.165) is 36.6 Å². The lowest BCUT2D eigenvalue weighted by Crippen LogP contribution is -2.48. The summed E-state index contributed by atoms with van der Waals surface area (Å²) < 4.78 is 42.4. The van der Waals surface area contributed by atoms with Crippen molar-refractivity contribution < 1.29 is 23.1 Å². The number of hydrogen-bond acceptors (Lipinski definition) is 8. The lowest BCUT2D eigenvalue weighted by Gasteiger charge is -2.36. The summed E-state index contributed by atoms with van der Waals surface area (Å²) in [6.07, 6.45) is 1.60. The first kappa shape index (κ1) is 31.2. The van der Waals surface area contributed by atoms with Gasteiger partial charge in [0.25, 0.3) is 5.56 Å². The van der Waals surface area contributed by atoms with Crippen LogP contribution in [0.15, 0.2) is 47.4 Å². The van der Waals surface area contributed by atoms with Crippen LogP contribution in [0, 0.1) is 11.8 Å². The molecule has 2 atom stereocenters. The van der Waals surface area contributed by atoms with Crippen LogP contribution < -0.4 is 15.8 Å². The highest BCUT2D eigenvalue weighted by Gasteiger charge is 2.42. The first-order chi connectivity index (χ1) is 22.5. The molecule has 15 heteroatoms. The zero-order valence-corrected chi connectivity index (χ0v) is 26.2. The minimum Gasteiger partial charge on any atom is -0.506 e. The van der Waals surface area contributed by atoms with Gasteiger partial charge in [0.1, 0.15) is 18.0 Å². The number of alkyl halides is 3. The smallest absolute Gasteiger partial charge is 0.416 e. The third-order valence-corrected chi connectivity index (χ3v) is 9.44. The van der Waals surface area contributed by atoms with Gasteiger partial charge in [0.05, 0.1) is 27.7 Å². The molecule has 3 aliphatic rings. The van der Waals surface area contributed by atoms with Gasteiger partial charge in [0, 0.05) is 38.9 Å². The Kier molecular flexibility index (Phi) is 7.95. The summed E-state index contributed by atoms with van der Waals surface area (Å²) in [5, 5.41) is 17.2. The summed E-state index contributed by atoms with van der Waals surface area (Å²) in [6, 6.07) is 6.01. The zero-order chi connectivity index (χ0) is 33.0. The number of anilines is 2. The Hall–Kier alpha value is -4.43. The van der Waals surface area contributed by atoms with Crippen molar-refractivity contribution >= 4 is 40.2 Å². The molecule has 1 aromatic carbocycles. The van der Waals surface area contributed by atoms with Crippen LogP contribution in [0.3, 0.4) is 0 Å². The average Bonchev–Trinajstić information content (AvgIpc) is 3.41. The van der Waals surface area contributed by atoms with Gasteiger partial charge in [-0.15, -0.1) is 5.10 Å². The predicted molar refractivity (Wildman–Crippen MR) is 169 cm³/mol. The molecule has 4 aromatic rings. The maximum absolute atomic E-state index is 14.1. The van der Waals surface area contributed by atoms with E-state index in [0.29, 0.717) is 73.9 Å². The number of carbonyl (C=O) groups is 1. The van der Waals surface area contributed by atoms with E-state index in [-0.39, 0.29) is 34.3 Å². The molecule has 2 aliphatic carbocycles. The molecule has 0 spiro atoms. The van der Waals surface area contributed by atoms with Crippen LogP contribution in [0.25, 0.3) is 11.4 Å². The molecule has 11 nitrogen and oxygen atoms in total. The van der Waals surface area contributed by atoms with Crippen LogP contribution in [0.2, 0.25) is 5.02 Å². The number of hydrogen-bond donors (Lipinski definition) is 2. The normalized spacial score (nSPS) is 19.6. The SMILES string of the molecule is CCc1c(N2CCN(Cc3ncccc3O)CC2)c(=O)n2nc(C3=CC4CC4C3)nc2n1CC(=O)Nc1ccc(C(F)(F)F)cc1Cl. The number of carbonyl (C=O) groups excluding carboxylic acids is 1. The van der Waals surface area contributed by atoms with Gasteiger partial charge in [-0.1, -0.05) is 24.6 Å². The van der Waals surface area contributed by atoms with Crippen LogP contribution in [0.5, 0.6) is 5.75 Å². The second kappa shape index (κ2) is 12.0. The second-order valence-corrected chi connectivity index (χ2v) is 12.6. The molecular formula is C32H32ClF3N8O3. The summed E-state index contributed by atoms with van der Waals surface area (Å²) >= 11 is 6.12. The van der Waals surface area contributed by atoms with Crippen molar-refractivity contribution in [3.63, 3.8) is 0 Å². The number of piperazine rings is 1. The Morgan fingerprint density at radius 3 is 2.62 bits per heavy atom. The molecule has 4 heterocycles. The highest BCUT2D eigenvalue weighted by molar-refractivity contribution is 6.33. The van der Waals surface area contributed by atoms with Gasteiger partial charge in [0.15, 0.2) is 5.82 Å². The molecule has 0 bridgehead atoms. The lowest BCUT2D eigenvalue weighted by atomic mass is 10.2. The van der Waals surface area contributed by atoms with E-state index < -0.39 is 17.6 Å². The van der Waals surface area contributed by atoms with E-state index in [1.165, 1.54) is 4.52 Å². The first-order valence-corrected chi connectivity index (χ1v) is 15.9. The predicted octanol–water partition coefficient (Wildman–Crippen LogP) is 4.61. The number of amides is 1. The highest BCUT2D eigenvalue weighted by atomic mass is 35.5. The molecule has 3 aromatic heterocycles. The Bertz CT molecular complexity index is 1970. The maximum Gasteiger partial charge on any atom is 0.416 e. The molecule has 1 aliphatic heterocycles. The molecule has 1 saturated heterocycles. The van der Waals surface area contributed by atoms with E-state index in [4.69, 9.17) is 16.6 Å². The van der Waals surface area contributed by atoms with Gasteiger partial charge in [0.2, 0.25) is 11.7 Å². The van der Waals surface area contributed by atoms with Crippen molar-refractivity contribution in [3.8, 4) is 5.75 Å². The van der Waals surface area contributed by atoms with E-state index in [2.05, 4.69) is 26.4 Å². The minimum absolute atomic E-state index is 0.0348. The van der Waals surface area contributed by atoms with Crippen LogP contribution >= 0.6 is 11.6 Å². The fourth-order valence-corrected chi connectivity index (χ4v) is 6.80. The van der Waals surface area contributed by atoms with Gasteiger partial charge in [-0.05, 0) is 67.0 Å². The minimum atomic E-state index is -4.58. The van der Waals surface area contributed by atoms with E-state index in [1.54, 1.807) is 22.9 Å². The Morgan fingerprint density at radius 2 is 1.96 bits per heavy atom. The maximum atomic E-state index is 14.1. The van der Waals surface area contributed by atoms with Gasteiger partial charge in [-0.3, -0.25) is 19.5 Å². The number of halogens is 4. The van der Waals surface area contributed by atoms with Crippen LogP contribution in [0.1, 0.15) is 42.5 Å². The Balaban J connectivity index is 1.21. The fraction of sp³-hybridized carbons (Fsp3) is 0.406. The van der Waals surface area contributed by atoms with Crippen molar-refractivity contribution in [1.82, 2.24) is 29.0 Å². The Morgan fingerprint density at radius 1 is 1.17 bits per heavy atom. The number of rotatable bonds is 8. The third-order valence-electron chi connectivity index (χ3n) is 9.12. The topological polar surface area (TPSA) is 121 Å². The van der Waals surface area contributed by atoms with Gasteiger partial charge >= 0.3 is 6.18 Å². The number of pyridine rings is 1. The van der Waals surface area contributed by atoms with E-state index in [1.807, 2.05) is 11.8 Å². The summed E-state index contributed by atoms with van der Waals surface area (Å²) in [6.45, 7) is 4.28. The summed E-state index contributed by atoms with van der Waals surface area (Å²) in [4.78, 5) is 40.7. The molecule has 246 valence electrons. The number of aromatic hydroxyl groups is 1. The van der Waals surface area contributed by atoms with Crippen molar-refractivity contribution in [2.75, 3.05) is 36.4 Å². The van der Waals surface area contributed by atoms with Gasteiger partial charge in [-0.2, -0.15) is 22.7 Å². The van der Waals surface area contributed by atoms with Gasteiger partial charge in [-0.25, -0.2) is 0 Å². The standard InChI is InChI=1S/C32H32ClF3N8O3/c1-2-25-28(42-10-8-41(9-11-42)16-24-26(45)4-3-7-37-24)30(47)44-31(39-29(40-44)20-13-18-12-19(18)14-20)43(25)17-27(46)38-23-6-5-21(15-22(23)33)32(34,35)36/h3-7,13,15,18-19,45H,2,8-12,14,16-17H2,1H3,(H,38,46). The molecule has 7 rings (SSSR count). The largest absolute Gasteiger partial charge is 0.506 e. The van der Waals surface area contributed by atoms with Crippen molar-refractivity contribution in [2.45, 2.75) is 45.5 Å². The van der Waals surface area contributed by atoms with Crippen LogP contribution in [0.4, 0.5) is 24.5 Å². The van der Waals surface area contributed by atoms with Crippen molar-refractivity contribution in [1.29, 1.82) is 0 Å². The number of nitrogens with one attached hydrogen (secondary N) is 1.